The van der Waals surface area contributed by atoms with Crippen molar-refractivity contribution in [1.29, 1.82) is 0 Å². The Hall–Kier alpha value is -1.55. The van der Waals surface area contributed by atoms with E-state index in [-0.39, 0.29) is 30.1 Å². The van der Waals surface area contributed by atoms with Gasteiger partial charge in [0.1, 0.15) is 24.2 Å². The van der Waals surface area contributed by atoms with Gasteiger partial charge in [0, 0.05) is 13.2 Å². The highest BCUT2D eigenvalue weighted by Crippen LogP contribution is 2.24. The second-order valence-corrected chi connectivity index (χ2v) is 6.13. The molecule has 2 N–H and O–H groups in total. The number of benzene rings is 1. The zero-order valence-corrected chi connectivity index (χ0v) is 18.7. The van der Waals surface area contributed by atoms with Gasteiger partial charge in [0.25, 0.3) is 0 Å². The Balaban J connectivity index is 0.00000338. The fourth-order valence-electron chi connectivity index (χ4n) is 2.03. The molecular formula is C18H24BrIN4O2. The lowest BCUT2D eigenvalue weighted by Gasteiger charge is -2.18. The smallest absolute Gasteiger partial charge is 0.191 e. The van der Waals surface area contributed by atoms with Crippen LogP contribution >= 0.6 is 39.9 Å². The number of nitrogens with zero attached hydrogens (tertiary/aromatic N) is 2. The number of aromatic nitrogens is 1. The summed E-state index contributed by atoms with van der Waals surface area (Å²) in [7, 11) is 1.73. The number of hydrogen-bond donors (Lipinski definition) is 2. The maximum atomic E-state index is 5.90. The van der Waals surface area contributed by atoms with Gasteiger partial charge in [-0.2, -0.15) is 0 Å². The van der Waals surface area contributed by atoms with E-state index in [9.17, 15) is 0 Å². The summed E-state index contributed by atoms with van der Waals surface area (Å²) < 4.78 is 12.4. The minimum atomic E-state index is -0.0103. The highest BCUT2D eigenvalue weighted by molar-refractivity contribution is 14.0. The normalized spacial score (nSPS) is 11.9. The van der Waals surface area contributed by atoms with Gasteiger partial charge in [-0.15, -0.1) is 24.0 Å². The number of nitrogens with one attached hydrogen (secondary N) is 2. The first kappa shape index (κ1) is 22.5. The molecule has 1 unspecified atom stereocenters. The van der Waals surface area contributed by atoms with Crippen LogP contribution in [-0.2, 0) is 0 Å². The fourth-order valence-corrected chi connectivity index (χ4v) is 2.41. The molecule has 0 spiro atoms. The monoisotopic (exact) mass is 534 g/mol. The molecule has 0 aliphatic heterocycles. The van der Waals surface area contributed by atoms with Crippen LogP contribution in [0.5, 0.6) is 11.5 Å². The largest absolute Gasteiger partial charge is 0.490 e. The highest BCUT2D eigenvalue weighted by Gasteiger charge is 2.07. The summed E-state index contributed by atoms with van der Waals surface area (Å²) in [6, 6.07) is 11.5. The van der Waals surface area contributed by atoms with E-state index in [2.05, 4.69) is 36.5 Å². The van der Waals surface area contributed by atoms with Crippen LogP contribution in [0.4, 0.5) is 0 Å². The van der Waals surface area contributed by atoms with Gasteiger partial charge in [-0.3, -0.25) is 9.98 Å². The summed E-state index contributed by atoms with van der Waals surface area (Å²) in [4.78, 5) is 8.20. The second kappa shape index (κ2) is 12.7. The van der Waals surface area contributed by atoms with Crippen molar-refractivity contribution in [2.45, 2.75) is 13.0 Å². The van der Waals surface area contributed by atoms with Crippen LogP contribution in [-0.4, -0.2) is 43.8 Å². The van der Waals surface area contributed by atoms with Gasteiger partial charge in [0.05, 0.1) is 23.8 Å². The molecule has 1 atom stereocenters. The first-order chi connectivity index (χ1) is 12.2. The number of guanidine groups is 1. The Labute approximate surface area is 179 Å². The number of aliphatic imine (C=N–C) groups is 1. The summed E-state index contributed by atoms with van der Waals surface area (Å²) in [6.07, 6.45) is 3.39. The average Bonchev–Trinajstić information content (AvgIpc) is 2.64. The van der Waals surface area contributed by atoms with E-state index in [1.807, 2.05) is 43.3 Å². The van der Waals surface area contributed by atoms with Crippen LogP contribution in [0.3, 0.4) is 0 Å². The minimum absolute atomic E-state index is 0. The van der Waals surface area contributed by atoms with Gasteiger partial charge in [-0.1, -0.05) is 12.1 Å². The van der Waals surface area contributed by atoms with Gasteiger partial charge < -0.3 is 20.1 Å². The molecule has 0 aliphatic rings. The number of pyridine rings is 1. The lowest BCUT2D eigenvalue weighted by atomic mass is 10.3. The maximum Gasteiger partial charge on any atom is 0.191 e. The summed E-state index contributed by atoms with van der Waals surface area (Å²) in [6.45, 7) is 3.79. The molecule has 0 aliphatic carbocycles. The number of rotatable bonds is 8. The number of hydrogen-bond acceptors (Lipinski definition) is 4. The quantitative estimate of drug-likeness (QED) is 0.235. The summed E-state index contributed by atoms with van der Waals surface area (Å²) >= 11 is 3.48. The third-order valence-electron chi connectivity index (χ3n) is 3.24. The first-order valence-electron chi connectivity index (χ1n) is 8.07. The molecule has 1 aromatic carbocycles. The molecule has 8 heteroatoms. The van der Waals surface area contributed by atoms with Crippen LogP contribution in [0.25, 0.3) is 0 Å². The van der Waals surface area contributed by atoms with E-state index >= 15 is 0 Å². The average molecular weight is 535 g/mol. The highest BCUT2D eigenvalue weighted by atomic mass is 127. The number of ether oxygens (including phenoxy) is 2. The molecule has 0 fully saturated rings. The molecule has 0 amide bonds. The van der Waals surface area contributed by atoms with Crippen LogP contribution in [0.2, 0.25) is 0 Å². The van der Waals surface area contributed by atoms with Crippen LogP contribution < -0.4 is 20.1 Å². The van der Waals surface area contributed by atoms with Gasteiger partial charge in [0.2, 0.25) is 0 Å². The number of para-hydroxylation sites is 1. The molecular weight excluding hydrogens is 511 g/mol. The van der Waals surface area contributed by atoms with Crippen molar-refractivity contribution >= 4 is 45.9 Å². The molecule has 26 heavy (non-hydrogen) atoms. The Morgan fingerprint density at radius 3 is 2.73 bits per heavy atom. The van der Waals surface area contributed by atoms with Gasteiger partial charge in [-0.25, -0.2) is 0 Å². The Morgan fingerprint density at radius 2 is 2.04 bits per heavy atom. The molecule has 0 bridgehead atoms. The molecule has 1 heterocycles. The van der Waals surface area contributed by atoms with Gasteiger partial charge in [0.15, 0.2) is 5.96 Å². The summed E-state index contributed by atoms with van der Waals surface area (Å²) in [5, 5.41) is 6.44. The third kappa shape index (κ3) is 8.22. The van der Waals surface area contributed by atoms with E-state index < -0.39 is 0 Å². The summed E-state index contributed by atoms with van der Waals surface area (Å²) in [5.74, 6) is 2.28. The van der Waals surface area contributed by atoms with Crippen molar-refractivity contribution in [3.05, 3.63) is 53.3 Å². The van der Waals surface area contributed by atoms with E-state index in [4.69, 9.17) is 9.47 Å². The van der Waals surface area contributed by atoms with Crippen molar-refractivity contribution in [2.75, 3.05) is 26.7 Å². The lowest BCUT2D eigenvalue weighted by Crippen LogP contribution is -2.43. The molecule has 0 saturated carbocycles. The SMILES string of the molecule is CN=C(NCCOc1cccnc1)NCC(C)Oc1ccccc1Br.I. The molecule has 0 radical (unpaired) electrons. The molecule has 0 saturated heterocycles. The third-order valence-corrected chi connectivity index (χ3v) is 3.90. The Morgan fingerprint density at radius 1 is 1.23 bits per heavy atom. The Kier molecular flexibility index (Phi) is 11.0. The minimum Gasteiger partial charge on any atom is -0.490 e. The molecule has 6 nitrogen and oxygen atoms in total. The van der Waals surface area contributed by atoms with Crippen LogP contribution in [0.1, 0.15) is 6.92 Å². The molecule has 1 aromatic heterocycles. The predicted molar refractivity (Wildman–Crippen MR) is 119 cm³/mol. The topological polar surface area (TPSA) is 67.8 Å². The number of halogens is 2. The van der Waals surface area contributed by atoms with Crippen molar-refractivity contribution in [1.82, 2.24) is 15.6 Å². The van der Waals surface area contributed by atoms with Crippen molar-refractivity contribution in [2.24, 2.45) is 4.99 Å². The molecule has 142 valence electrons. The molecule has 2 aromatic rings. The van der Waals surface area contributed by atoms with Gasteiger partial charge in [-0.05, 0) is 47.1 Å². The predicted octanol–water partition coefficient (Wildman–Crippen LogP) is 3.47. The van der Waals surface area contributed by atoms with Crippen molar-refractivity contribution in [3.8, 4) is 11.5 Å². The van der Waals surface area contributed by atoms with Crippen LogP contribution in [0.15, 0.2) is 58.3 Å². The van der Waals surface area contributed by atoms with Crippen LogP contribution in [0, 0.1) is 0 Å². The van der Waals surface area contributed by atoms with Crippen molar-refractivity contribution < 1.29 is 9.47 Å². The lowest BCUT2D eigenvalue weighted by molar-refractivity contribution is 0.222. The van der Waals surface area contributed by atoms with E-state index in [0.29, 0.717) is 25.7 Å². The molecule has 2 rings (SSSR count). The maximum absolute atomic E-state index is 5.90. The zero-order valence-electron chi connectivity index (χ0n) is 14.8. The second-order valence-electron chi connectivity index (χ2n) is 5.28. The van der Waals surface area contributed by atoms with E-state index in [0.717, 1.165) is 16.0 Å². The Bertz CT molecular complexity index is 673. The van der Waals surface area contributed by atoms with Gasteiger partial charge >= 0.3 is 0 Å². The van der Waals surface area contributed by atoms with E-state index in [1.165, 1.54) is 0 Å². The zero-order chi connectivity index (χ0) is 17.9. The first-order valence-corrected chi connectivity index (χ1v) is 8.87. The van der Waals surface area contributed by atoms with Crippen molar-refractivity contribution in [3.63, 3.8) is 0 Å². The fraction of sp³-hybridized carbons (Fsp3) is 0.333. The standard InChI is InChI=1S/C18H23BrN4O2.HI/c1-14(25-17-8-4-3-7-16(17)19)12-23-18(20-2)22-10-11-24-15-6-5-9-21-13-15;/h3-9,13-14H,10-12H2,1-2H3,(H2,20,22,23);1H. The summed E-state index contributed by atoms with van der Waals surface area (Å²) in [5.41, 5.74) is 0. The van der Waals surface area contributed by atoms with E-state index in [1.54, 1.807) is 19.4 Å².